The molecule has 2 aromatic rings. The molecular weight excluding hydrogens is 348 g/mol. The molecule has 1 saturated heterocycles. The lowest BCUT2D eigenvalue weighted by atomic mass is 9.91. The highest BCUT2D eigenvalue weighted by molar-refractivity contribution is 6.07. The molecule has 1 unspecified atom stereocenters. The van der Waals surface area contributed by atoms with Gasteiger partial charge < -0.3 is 19.5 Å². The van der Waals surface area contributed by atoms with Gasteiger partial charge in [0.05, 0.1) is 6.54 Å². The number of amides is 3. The number of benzene rings is 2. The van der Waals surface area contributed by atoms with Crippen LogP contribution in [-0.4, -0.2) is 36.8 Å². The van der Waals surface area contributed by atoms with Crippen LogP contribution < -0.4 is 19.5 Å². The van der Waals surface area contributed by atoms with Gasteiger partial charge in [0.2, 0.25) is 6.79 Å². The van der Waals surface area contributed by atoms with E-state index in [2.05, 4.69) is 5.32 Å². The Labute approximate surface area is 156 Å². The van der Waals surface area contributed by atoms with E-state index in [1.54, 1.807) is 25.1 Å². The number of fused-ring (bicyclic) bond motifs is 1. The Kier molecular flexibility index (Phi) is 4.14. The minimum Gasteiger partial charge on any atom is -0.492 e. The second-order valence-electron chi connectivity index (χ2n) is 6.74. The molecule has 3 amide bonds. The average Bonchev–Trinajstić information content (AvgIpc) is 3.20. The Bertz CT molecular complexity index is 913. The molecule has 2 aliphatic rings. The van der Waals surface area contributed by atoms with E-state index in [-0.39, 0.29) is 25.9 Å². The van der Waals surface area contributed by atoms with Crippen LogP contribution in [0.3, 0.4) is 0 Å². The first-order valence-electron chi connectivity index (χ1n) is 8.71. The summed E-state index contributed by atoms with van der Waals surface area (Å²) in [6.07, 6.45) is 0. The van der Waals surface area contributed by atoms with Crippen molar-refractivity contribution in [3.05, 3.63) is 53.6 Å². The molecule has 0 aliphatic carbocycles. The molecule has 0 aromatic heterocycles. The maximum atomic E-state index is 12.9. The van der Waals surface area contributed by atoms with Crippen LogP contribution in [-0.2, 0) is 10.3 Å². The normalized spacial score (nSPS) is 20.7. The highest BCUT2D eigenvalue weighted by atomic mass is 16.7. The van der Waals surface area contributed by atoms with E-state index in [4.69, 9.17) is 14.2 Å². The lowest BCUT2D eigenvalue weighted by Crippen LogP contribution is -2.41. The van der Waals surface area contributed by atoms with Crippen molar-refractivity contribution in [2.24, 2.45) is 0 Å². The number of imide groups is 1. The Balaban J connectivity index is 1.46. The summed E-state index contributed by atoms with van der Waals surface area (Å²) in [6, 6.07) is 12.4. The van der Waals surface area contributed by atoms with Crippen molar-refractivity contribution in [3.63, 3.8) is 0 Å². The maximum absolute atomic E-state index is 12.9. The van der Waals surface area contributed by atoms with Crippen LogP contribution >= 0.6 is 0 Å². The largest absolute Gasteiger partial charge is 0.492 e. The molecule has 2 heterocycles. The third-order valence-electron chi connectivity index (χ3n) is 4.80. The molecule has 0 bridgehead atoms. The van der Waals surface area contributed by atoms with Gasteiger partial charge in [0.15, 0.2) is 11.5 Å². The van der Waals surface area contributed by atoms with Gasteiger partial charge in [-0.2, -0.15) is 0 Å². The molecule has 0 spiro atoms. The molecule has 7 heteroatoms. The van der Waals surface area contributed by atoms with E-state index in [9.17, 15) is 9.59 Å². The summed E-state index contributed by atoms with van der Waals surface area (Å²) < 4.78 is 16.3. The second-order valence-corrected chi connectivity index (χ2v) is 6.74. The van der Waals surface area contributed by atoms with Crippen molar-refractivity contribution < 1.29 is 23.8 Å². The van der Waals surface area contributed by atoms with Crippen molar-refractivity contribution in [2.75, 3.05) is 19.9 Å². The number of ether oxygens (including phenoxy) is 3. The predicted octanol–water partition coefficient (Wildman–Crippen LogP) is 2.57. The first-order valence-corrected chi connectivity index (χ1v) is 8.71. The third-order valence-corrected chi connectivity index (χ3v) is 4.80. The SMILES string of the molecule is Cc1cccc(OCCN2C(=O)NC(C)(c3ccc4c(c3)OCO4)C2=O)c1. The monoisotopic (exact) mass is 368 g/mol. The second kappa shape index (κ2) is 6.50. The Morgan fingerprint density at radius 1 is 1.15 bits per heavy atom. The van der Waals surface area contributed by atoms with Crippen LogP contribution in [0.15, 0.2) is 42.5 Å². The summed E-state index contributed by atoms with van der Waals surface area (Å²) in [5, 5.41) is 2.78. The first kappa shape index (κ1) is 17.2. The number of nitrogens with one attached hydrogen (secondary N) is 1. The van der Waals surface area contributed by atoms with Gasteiger partial charge in [0.25, 0.3) is 5.91 Å². The van der Waals surface area contributed by atoms with E-state index in [0.717, 1.165) is 5.56 Å². The van der Waals surface area contributed by atoms with Crippen molar-refractivity contribution in [2.45, 2.75) is 19.4 Å². The topological polar surface area (TPSA) is 77.1 Å². The smallest absolute Gasteiger partial charge is 0.325 e. The van der Waals surface area contributed by atoms with Gasteiger partial charge in [-0.25, -0.2) is 4.79 Å². The molecule has 0 radical (unpaired) electrons. The van der Waals surface area contributed by atoms with Crippen molar-refractivity contribution >= 4 is 11.9 Å². The summed E-state index contributed by atoms with van der Waals surface area (Å²) >= 11 is 0. The molecule has 0 saturated carbocycles. The fraction of sp³-hybridized carbons (Fsp3) is 0.300. The summed E-state index contributed by atoms with van der Waals surface area (Å²) in [7, 11) is 0. The number of rotatable bonds is 5. The molecule has 27 heavy (non-hydrogen) atoms. The number of aryl methyl sites for hydroxylation is 1. The molecule has 2 aromatic carbocycles. The van der Waals surface area contributed by atoms with Crippen molar-refractivity contribution in [3.8, 4) is 17.2 Å². The van der Waals surface area contributed by atoms with Crippen molar-refractivity contribution in [1.82, 2.24) is 10.2 Å². The zero-order valence-electron chi connectivity index (χ0n) is 15.2. The molecule has 140 valence electrons. The predicted molar refractivity (Wildman–Crippen MR) is 96.8 cm³/mol. The fourth-order valence-electron chi connectivity index (χ4n) is 3.26. The minimum absolute atomic E-state index is 0.151. The standard InChI is InChI=1S/C20H20N2O5/c1-13-4-3-5-15(10-13)25-9-8-22-18(23)20(2,21-19(22)24)14-6-7-16-17(11-14)27-12-26-16/h3-7,10-11H,8-9,12H2,1-2H3,(H,21,24). The van der Waals surface area contributed by atoms with Crippen LogP contribution in [0.5, 0.6) is 17.2 Å². The lowest BCUT2D eigenvalue weighted by molar-refractivity contribution is -0.131. The number of hydrogen-bond donors (Lipinski definition) is 1. The van der Waals surface area contributed by atoms with Gasteiger partial charge in [-0.15, -0.1) is 0 Å². The highest BCUT2D eigenvalue weighted by Crippen LogP contribution is 2.37. The van der Waals surface area contributed by atoms with E-state index in [0.29, 0.717) is 22.8 Å². The van der Waals surface area contributed by atoms with Gasteiger partial charge in [-0.3, -0.25) is 9.69 Å². The van der Waals surface area contributed by atoms with E-state index < -0.39 is 11.6 Å². The summed E-state index contributed by atoms with van der Waals surface area (Å²) in [6.45, 7) is 4.20. The lowest BCUT2D eigenvalue weighted by Gasteiger charge is -2.22. The Morgan fingerprint density at radius 2 is 1.96 bits per heavy atom. The van der Waals surface area contributed by atoms with E-state index >= 15 is 0 Å². The zero-order chi connectivity index (χ0) is 19.0. The van der Waals surface area contributed by atoms with Crippen LogP contribution in [0.1, 0.15) is 18.1 Å². The number of hydrogen-bond acceptors (Lipinski definition) is 5. The highest BCUT2D eigenvalue weighted by Gasteiger charge is 2.49. The molecule has 2 aliphatic heterocycles. The van der Waals surface area contributed by atoms with E-state index in [1.807, 2.05) is 31.2 Å². The van der Waals surface area contributed by atoms with Gasteiger partial charge >= 0.3 is 6.03 Å². The fourth-order valence-corrected chi connectivity index (χ4v) is 3.26. The van der Waals surface area contributed by atoms with Crippen LogP contribution in [0.25, 0.3) is 0 Å². The van der Waals surface area contributed by atoms with Gasteiger partial charge in [0.1, 0.15) is 17.9 Å². The summed E-state index contributed by atoms with van der Waals surface area (Å²) in [5.74, 6) is 1.58. The zero-order valence-corrected chi connectivity index (χ0v) is 15.2. The number of nitrogens with zero attached hydrogens (tertiary/aromatic N) is 1. The summed E-state index contributed by atoms with van der Waals surface area (Å²) in [4.78, 5) is 26.5. The molecular formula is C20H20N2O5. The molecule has 1 fully saturated rings. The van der Waals surface area contributed by atoms with Crippen LogP contribution in [0.4, 0.5) is 4.79 Å². The molecule has 4 rings (SSSR count). The molecule has 1 N–H and O–H groups in total. The number of urea groups is 1. The Morgan fingerprint density at radius 3 is 2.78 bits per heavy atom. The van der Waals surface area contributed by atoms with Gasteiger partial charge in [0, 0.05) is 0 Å². The quantitative estimate of drug-likeness (QED) is 0.821. The van der Waals surface area contributed by atoms with Gasteiger partial charge in [-0.1, -0.05) is 18.2 Å². The number of carbonyl (C=O) groups is 2. The van der Waals surface area contributed by atoms with Gasteiger partial charge in [-0.05, 0) is 49.2 Å². The Hall–Kier alpha value is -3.22. The van der Waals surface area contributed by atoms with Crippen LogP contribution in [0, 0.1) is 6.92 Å². The average molecular weight is 368 g/mol. The van der Waals surface area contributed by atoms with Crippen molar-refractivity contribution in [1.29, 1.82) is 0 Å². The minimum atomic E-state index is -1.15. The molecule has 1 atom stereocenters. The third kappa shape index (κ3) is 3.05. The summed E-state index contributed by atoms with van der Waals surface area (Å²) in [5.41, 5.74) is 0.576. The molecule has 7 nitrogen and oxygen atoms in total. The first-order chi connectivity index (χ1) is 13.0. The maximum Gasteiger partial charge on any atom is 0.325 e. The van der Waals surface area contributed by atoms with E-state index in [1.165, 1.54) is 4.90 Å². The number of carbonyl (C=O) groups excluding carboxylic acids is 2. The van der Waals surface area contributed by atoms with Crippen LogP contribution in [0.2, 0.25) is 0 Å².